The van der Waals surface area contributed by atoms with Crippen molar-refractivity contribution in [3.8, 4) is 22.9 Å². The number of nitrogens with zero attached hydrogens (tertiary/aromatic N) is 1. The lowest BCUT2D eigenvalue weighted by molar-refractivity contribution is -0.232. The Morgan fingerprint density at radius 2 is 1.31 bits per heavy atom. The molecule has 0 N–H and O–H groups in total. The summed E-state index contributed by atoms with van der Waals surface area (Å²) in [6.07, 6.45) is 6.78. The van der Waals surface area contributed by atoms with Gasteiger partial charge in [0.25, 0.3) is 0 Å². The van der Waals surface area contributed by atoms with E-state index in [2.05, 4.69) is 6.92 Å². The van der Waals surface area contributed by atoms with Gasteiger partial charge < -0.3 is 14.2 Å². The highest BCUT2D eigenvalue weighted by Gasteiger charge is 2.45. The predicted molar refractivity (Wildman–Crippen MR) is 156 cm³/mol. The number of ether oxygens (including phenoxy) is 3. The zero-order valence-corrected chi connectivity index (χ0v) is 25.6. The summed E-state index contributed by atoms with van der Waals surface area (Å²) in [5.41, 5.74) is -2.21. The zero-order valence-electron chi connectivity index (χ0n) is 25.6. The number of halogens is 6. The standard InChI is InChI=1S/C35H41F6NO3/c1-2-3-4-5-21-19-43-34(44-20-21)24-8-6-22(7-9-24)23-10-12-26(13-11-23)35(40,41)45-27-16-31(38)33(32(39)17-27)25-14-29(36)28(18-42)30(37)15-25/h14-17,21-24,26,34H,2-13,19-20H2,1H3. The van der Waals surface area contributed by atoms with Crippen LogP contribution in [0.4, 0.5) is 26.3 Å². The van der Waals surface area contributed by atoms with Gasteiger partial charge in [0, 0.05) is 24.0 Å². The summed E-state index contributed by atoms with van der Waals surface area (Å²) in [5, 5.41) is 8.81. The van der Waals surface area contributed by atoms with Gasteiger partial charge in [-0.1, -0.05) is 26.2 Å². The van der Waals surface area contributed by atoms with Crippen LogP contribution in [0.2, 0.25) is 0 Å². The minimum absolute atomic E-state index is 0.143. The minimum atomic E-state index is -3.65. The monoisotopic (exact) mass is 637 g/mol. The largest absolute Gasteiger partial charge is 0.432 e. The first kappa shape index (κ1) is 33.6. The summed E-state index contributed by atoms with van der Waals surface area (Å²) in [6, 6.07) is 3.72. The summed E-state index contributed by atoms with van der Waals surface area (Å²) in [7, 11) is 0. The quantitative estimate of drug-likeness (QED) is 0.192. The van der Waals surface area contributed by atoms with Crippen molar-refractivity contribution in [1.82, 2.24) is 0 Å². The molecule has 0 radical (unpaired) electrons. The Hall–Kier alpha value is -2.77. The zero-order chi connectivity index (χ0) is 32.1. The average molecular weight is 638 g/mol. The maximum absolute atomic E-state index is 15.2. The van der Waals surface area contributed by atoms with Gasteiger partial charge >= 0.3 is 6.11 Å². The second-order valence-electron chi connectivity index (χ2n) is 13.0. The second kappa shape index (κ2) is 14.8. The van der Waals surface area contributed by atoms with Crippen molar-refractivity contribution < 1.29 is 40.6 Å². The lowest BCUT2D eigenvalue weighted by Gasteiger charge is -2.41. The maximum Gasteiger partial charge on any atom is 0.400 e. The molecule has 0 spiro atoms. The molecule has 0 unspecified atom stereocenters. The molecule has 0 amide bonds. The normalized spacial score (nSPS) is 27.6. The van der Waals surface area contributed by atoms with Crippen LogP contribution < -0.4 is 4.74 Å². The van der Waals surface area contributed by atoms with E-state index in [1.54, 1.807) is 0 Å². The van der Waals surface area contributed by atoms with Crippen LogP contribution in [-0.4, -0.2) is 25.6 Å². The highest BCUT2D eigenvalue weighted by atomic mass is 19.3. The van der Waals surface area contributed by atoms with Gasteiger partial charge in [0.05, 0.1) is 24.7 Å². The first-order valence-electron chi connectivity index (χ1n) is 16.3. The van der Waals surface area contributed by atoms with Crippen molar-refractivity contribution >= 4 is 0 Å². The summed E-state index contributed by atoms with van der Waals surface area (Å²) in [6.45, 7) is 3.72. The van der Waals surface area contributed by atoms with Gasteiger partial charge in [-0.15, -0.1) is 0 Å². The number of rotatable bonds is 10. The Bertz CT molecular complexity index is 1290. The third kappa shape index (κ3) is 7.97. The maximum atomic E-state index is 15.2. The number of hydrogen-bond donors (Lipinski definition) is 0. The van der Waals surface area contributed by atoms with E-state index < -0.39 is 57.7 Å². The van der Waals surface area contributed by atoms with E-state index in [1.807, 2.05) is 0 Å². The number of alkyl halides is 2. The van der Waals surface area contributed by atoms with E-state index in [1.165, 1.54) is 25.3 Å². The lowest BCUT2D eigenvalue weighted by atomic mass is 9.69. The molecular formula is C35H41F6NO3. The molecule has 246 valence electrons. The molecule has 10 heteroatoms. The summed E-state index contributed by atoms with van der Waals surface area (Å²) in [4.78, 5) is 0. The van der Waals surface area contributed by atoms with E-state index in [0.717, 1.165) is 45.3 Å². The molecule has 0 aromatic heterocycles. The Labute approximate surface area is 261 Å². The van der Waals surface area contributed by atoms with Gasteiger partial charge in [-0.2, -0.15) is 14.0 Å². The van der Waals surface area contributed by atoms with Crippen LogP contribution in [0.25, 0.3) is 11.1 Å². The topological polar surface area (TPSA) is 51.5 Å². The molecule has 2 aliphatic carbocycles. The number of unbranched alkanes of at least 4 members (excludes halogenated alkanes) is 2. The fraction of sp³-hybridized carbons (Fsp3) is 0.629. The Morgan fingerprint density at radius 1 is 0.778 bits per heavy atom. The molecule has 0 bridgehead atoms. The molecular weight excluding hydrogens is 596 g/mol. The van der Waals surface area contributed by atoms with Crippen LogP contribution in [0.15, 0.2) is 24.3 Å². The molecule has 2 aromatic carbocycles. The molecule has 2 saturated carbocycles. The molecule has 45 heavy (non-hydrogen) atoms. The van der Waals surface area contributed by atoms with E-state index in [0.29, 0.717) is 60.8 Å². The summed E-state index contributed by atoms with van der Waals surface area (Å²) >= 11 is 0. The first-order chi connectivity index (χ1) is 21.6. The highest BCUT2D eigenvalue weighted by Crippen LogP contribution is 2.46. The lowest BCUT2D eigenvalue weighted by Crippen LogP contribution is -2.40. The van der Waals surface area contributed by atoms with Crippen LogP contribution in [-0.2, 0) is 9.47 Å². The van der Waals surface area contributed by atoms with Gasteiger partial charge in [-0.25, -0.2) is 17.6 Å². The molecule has 1 heterocycles. The van der Waals surface area contributed by atoms with Gasteiger partial charge in [0.15, 0.2) is 6.29 Å². The molecule has 0 atom stereocenters. The van der Waals surface area contributed by atoms with Crippen LogP contribution in [0.3, 0.4) is 0 Å². The predicted octanol–water partition coefficient (Wildman–Crippen LogP) is 9.94. The minimum Gasteiger partial charge on any atom is -0.432 e. The van der Waals surface area contributed by atoms with Gasteiger partial charge in [0.1, 0.15) is 40.7 Å². The molecule has 3 fully saturated rings. The van der Waals surface area contributed by atoms with Gasteiger partial charge in [-0.05, 0) is 87.3 Å². The second-order valence-corrected chi connectivity index (χ2v) is 13.0. The first-order valence-corrected chi connectivity index (χ1v) is 16.3. The third-order valence-electron chi connectivity index (χ3n) is 10.0. The Balaban J connectivity index is 1.10. The number of benzene rings is 2. The van der Waals surface area contributed by atoms with Gasteiger partial charge in [0.2, 0.25) is 0 Å². The van der Waals surface area contributed by atoms with Crippen LogP contribution in [0, 0.1) is 64.2 Å². The molecule has 4 nitrogen and oxygen atoms in total. The van der Waals surface area contributed by atoms with Crippen molar-refractivity contribution in [2.45, 2.75) is 96.4 Å². The van der Waals surface area contributed by atoms with E-state index in [-0.39, 0.29) is 19.1 Å². The summed E-state index contributed by atoms with van der Waals surface area (Å²) in [5.74, 6) is -5.38. The SMILES string of the molecule is CCCCCC1COC(C2CCC(C3CCC(C(F)(F)Oc4cc(F)c(-c5cc(F)c(C#N)c(F)c5)c(F)c4)CC3)CC2)OC1. The third-order valence-corrected chi connectivity index (χ3v) is 10.0. The van der Waals surface area contributed by atoms with E-state index in [4.69, 9.17) is 19.5 Å². The average Bonchev–Trinajstić information content (AvgIpc) is 3.01. The fourth-order valence-corrected chi connectivity index (χ4v) is 7.44. The van der Waals surface area contributed by atoms with Crippen LogP contribution in [0.1, 0.15) is 89.5 Å². The molecule has 1 saturated heterocycles. The number of nitriles is 1. The molecule has 2 aromatic rings. The number of hydrogen-bond acceptors (Lipinski definition) is 4. The Kier molecular flexibility index (Phi) is 11.0. The fourth-order valence-electron chi connectivity index (χ4n) is 7.44. The van der Waals surface area contributed by atoms with E-state index >= 15 is 8.78 Å². The van der Waals surface area contributed by atoms with Crippen molar-refractivity contribution in [1.29, 1.82) is 5.26 Å². The van der Waals surface area contributed by atoms with Gasteiger partial charge in [-0.3, -0.25) is 0 Å². The van der Waals surface area contributed by atoms with Crippen LogP contribution >= 0.6 is 0 Å². The molecule has 1 aliphatic heterocycles. The van der Waals surface area contributed by atoms with Crippen molar-refractivity contribution in [2.75, 3.05) is 13.2 Å². The smallest absolute Gasteiger partial charge is 0.400 e. The highest BCUT2D eigenvalue weighted by molar-refractivity contribution is 5.67. The van der Waals surface area contributed by atoms with Crippen molar-refractivity contribution in [2.24, 2.45) is 29.6 Å². The van der Waals surface area contributed by atoms with Crippen molar-refractivity contribution in [3.05, 3.63) is 53.1 Å². The molecule has 5 rings (SSSR count). The summed E-state index contributed by atoms with van der Waals surface area (Å²) < 4.78 is 105. The Morgan fingerprint density at radius 3 is 1.84 bits per heavy atom. The van der Waals surface area contributed by atoms with E-state index in [9.17, 15) is 17.6 Å². The van der Waals surface area contributed by atoms with Crippen LogP contribution in [0.5, 0.6) is 5.75 Å². The molecule has 3 aliphatic rings. The van der Waals surface area contributed by atoms with Crippen molar-refractivity contribution in [3.63, 3.8) is 0 Å².